The molecule has 0 nitrogen and oxygen atoms in total. The Bertz CT molecular complexity index is 805. The van der Waals surface area contributed by atoms with Crippen LogP contribution in [0.25, 0.3) is 32.3 Å². The molecule has 0 aromatic heterocycles. The lowest BCUT2D eigenvalue weighted by Gasteiger charge is -2.11. The topological polar surface area (TPSA) is 0 Å². The number of hydrogen-bond donors (Lipinski definition) is 0. The van der Waals surface area contributed by atoms with Gasteiger partial charge in [-0.3, -0.25) is 0 Å². The molecule has 0 radical (unpaired) electrons. The van der Waals surface area contributed by atoms with E-state index in [0.29, 0.717) is 0 Å². The number of rotatable bonds is 0. The molecule has 0 amide bonds. The van der Waals surface area contributed by atoms with E-state index >= 15 is 0 Å². The predicted octanol–water partition coefficient (Wildman–Crippen LogP) is 8.75. The van der Waals surface area contributed by atoms with Crippen molar-refractivity contribution in [2.45, 2.75) is 61.3 Å². The molecule has 4 aromatic carbocycles. The van der Waals surface area contributed by atoms with Crippen molar-refractivity contribution in [3.05, 3.63) is 60.2 Å². The van der Waals surface area contributed by atoms with Crippen molar-refractivity contribution in [3.8, 4) is 0 Å². The Balaban J connectivity index is 0.000000341. The van der Waals surface area contributed by atoms with Crippen LogP contribution >= 0.6 is 0 Å². The van der Waals surface area contributed by atoms with Crippen molar-refractivity contribution in [1.29, 1.82) is 0 Å². The van der Waals surface area contributed by atoms with Crippen molar-refractivity contribution in [3.63, 3.8) is 0 Å². The Morgan fingerprint density at radius 1 is 0.560 bits per heavy atom. The molecule has 0 saturated heterocycles. The first kappa shape index (κ1) is 21.0. The summed E-state index contributed by atoms with van der Waals surface area (Å²) in [4.78, 5) is 0. The molecular formula is C25H34. The molecule has 0 saturated carbocycles. The molecule has 0 N–H and O–H groups in total. The van der Waals surface area contributed by atoms with Crippen LogP contribution in [0.15, 0.2) is 54.6 Å². The van der Waals surface area contributed by atoms with Gasteiger partial charge in [0.2, 0.25) is 0 Å². The first-order valence-corrected chi connectivity index (χ1v) is 9.80. The van der Waals surface area contributed by atoms with Gasteiger partial charge in [-0.2, -0.15) is 0 Å². The Kier molecular flexibility index (Phi) is 8.99. The van der Waals surface area contributed by atoms with Crippen LogP contribution in [-0.2, 0) is 0 Å². The molecule has 4 rings (SSSR count). The van der Waals surface area contributed by atoms with Crippen molar-refractivity contribution >= 4 is 32.3 Å². The second-order valence-corrected chi connectivity index (χ2v) is 6.21. The Labute approximate surface area is 154 Å². The molecule has 0 unspecified atom stereocenters. The van der Waals surface area contributed by atoms with E-state index in [1.54, 1.807) is 0 Å². The molecule has 0 fully saturated rings. The quantitative estimate of drug-likeness (QED) is 0.282. The third-order valence-corrected chi connectivity index (χ3v) is 3.61. The van der Waals surface area contributed by atoms with Gasteiger partial charge in [0.15, 0.2) is 0 Å². The van der Waals surface area contributed by atoms with Crippen LogP contribution in [-0.4, -0.2) is 0 Å². The fraction of sp³-hybridized carbons (Fsp3) is 0.360. The zero-order valence-electron chi connectivity index (χ0n) is 17.1. The van der Waals surface area contributed by atoms with E-state index in [0.717, 1.165) is 0 Å². The van der Waals surface area contributed by atoms with Crippen molar-refractivity contribution < 1.29 is 0 Å². The van der Waals surface area contributed by atoms with Gasteiger partial charge in [-0.05, 0) is 44.8 Å². The normalized spacial score (nSPS) is 9.72. The molecule has 0 heterocycles. The Morgan fingerprint density at radius 3 is 1.28 bits per heavy atom. The maximum absolute atomic E-state index is 2.27. The molecule has 0 aliphatic rings. The minimum Gasteiger partial charge on any atom is -0.0683 e. The van der Waals surface area contributed by atoms with Crippen LogP contribution in [0.3, 0.4) is 0 Å². The number of aryl methyl sites for hydroxylation is 1. The number of benzene rings is 4. The highest BCUT2D eigenvalue weighted by Crippen LogP contribution is 2.34. The van der Waals surface area contributed by atoms with E-state index in [2.05, 4.69) is 89.2 Å². The average molecular weight is 335 g/mol. The average Bonchev–Trinajstić information content (AvgIpc) is 2.62. The third-order valence-electron chi connectivity index (χ3n) is 3.61. The zero-order chi connectivity index (χ0) is 18.8. The van der Waals surface area contributed by atoms with Gasteiger partial charge in [-0.25, -0.2) is 0 Å². The Hall–Kier alpha value is -2.08. The third kappa shape index (κ3) is 4.95. The monoisotopic (exact) mass is 334 g/mol. The fourth-order valence-corrected chi connectivity index (χ4v) is 2.91. The second-order valence-electron chi connectivity index (χ2n) is 6.21. The van der Waals surface area contributed by atoms with Crippen LogP contribution < -0.4 is 0 Å². The lowest BCUT2D eigenvalue weighted by molar-refractivity contribution is 1.09. The van der Waals surface area contributed by atoms with Crippen LogP contribution in [0, 0.1) is 6.92 Å². The van der Waals surface area contributed by atoms with E-state index in [1.165, 1.54) is 50.7 Å². The highest BCUT2D eigenvalue weighted by Gasteiger charge is 2.07. The van der Waals surface area contributed by atoms with E-state index in [4.69, 9.17) is 0 Å². The highest BCUT2D eigenvalue weighted by molar-refractivity contribution is 6.23. The van der Waals surface area contributed by atoms with Crippen LogP contribution in [0.2, 0.25) is 0 Å². The lowest BCUT2D eigenvalue weighted by Crippen LogP contribution is -1.84. The molecule has 0 atom stereocenters. The van der Waals surface area contributed by atoms with E-state index in [1.807, 2.05) is 13.8 Å². The lowest BCUT2D eigenvalue weighted by atomic mass is 9.93. The molecule has 134 valence electrons. The SMILES string of the molecule is CC.CCC.CCC.Cc1cc2ccc3cccc4ccc(c1)c2c34. The Morgan fingerprint density at radius 2 is 0.880 bits per heavy atom. The van der Waals surface area contributed by atoms with Crippen molar-refractivity contribution in [2.75, 3.05) is 0 Å². The minimum atomic E-state index is 1.25. The summed E-state index contributed by atoms with van der Waals surface area (Å²) in [6, 6.07) is 20.0. The molecule has 25 heavy (non-hydrogen) atoms. The largest absolute Gasteiger partial charge is 0.0683 e. The zero-order valence-corrected chi connectivity index (χ0v) is 17.1. The molecule has 0 aliphatic carbocycles. The maximum atomic E-state index is 2.27. The summed E-state index contributed by atoms with van der Waals surface area (Å²) < 4.78 is 0. The van der Waals surface area contributed by atoms with Gasteiger partial charge in [-0.15, -0.1) is 0 Å². The summed E-state index contributed by atoms with van der Waals surface area (Å²) in [5, 5.41) is 8.19. The van der Waals surface area contributed by atoms with Crippen molar-refractivity contribution in [1.82, 2.24) is 0 Å². The minimum absolute atomic E-state index is 1.25. The van der Waals surface area contributed by atoms with Crippen LogP contribution in [0.1, 0.15) is 59.9 Å². The molecule has 0 heteroatoms. The summed E-state index contributed by atoms with van der Waals surface area (Å²) in [6.45, 7) is 14.7. The van der Waals surface area contributed by atoms with Gasteiger partial charge in [0.05, 0.1) is 0 Å². The fourth-order valence-electron chi connectivity index (χ4n) is 2.91. The first-order chi connectivity index (χ1) is 12.2. The van der Waals surface area contributed by atoms with E-state index in [-0.39, 0.29) is 0 Å². The van der Waals surface area contributed by atoms with Gasteiger partial charge >= 0.3 is 0 Å². The first-order valence-electron chi connectivity index (χ1n) is 9.80. The molecule has 4 aromatic rings. The van der Waals surface area contributed by atoms with Gasteiger partial charge in [-0.1, -0.05) is 109 Å². The standard InChI is InChI=1S/C17H12.2C3H8.C2H6/c1-11-9-14-7-5-12-3-2-4-13-6-8-15(10-11)17(14)16(12)13;2*1-3-2;1-2/h2-10H,1H3;2*3H2,1-2H3;1-2H3. The van der Waals surface area contributed by atoms with Gasteiger partial charge in [0, 0.05) is 0 Å². The highest BCUT2D eigenvalue weighted by atomic mass is 14.1. The molecular weight excluding hydrogens is 300 g/mol. The molecule has 0 spiro atoms. The van der Waals surface area contributed by atoms with Gasteiger partial charge in [0.1, 0.15) is 0 Å². The van der Waals surface area contributed by atoms with Gasteiger partial charge in [0.25, 0.3) is 0 Å². The summed E-state index contributed by atoms with van der Waals surface area (Å²) >= 11 is 0. The molecule has 0 bridgehead atoms. The van der Waals surface area contributed by atoms with E-state index in [9.17, 15) is 0 Å². The van der Waals surface area contributed by atoms with Crippen molar-refractivity contribution in [2.24, 2.45) is 0 Å². The summed E-state index contributed by atoms with van der Waals surface area (Å²) in [7, 11) is 0. The van der Waals surface area contributed by atoms with Crippen LogP contribution in [0.5, 0.6) is 0 Å². The summed E-state index contributed by atoms with van der Waals surface area (Å²) in [5.74, 6) is 0. The van der Waals surface area contributed by atoms with E-state index < -0.39 is 0 Å². The number of hydrogen-bond acceptors (Lipinski definition) is 0. The predicted molar refractivity (Wildman–Crippen MR) is 118 cm³/mol. The summed E-state index contributed by atoms with van der Waals surface area (Å²) in [5.41, 5.74) is 1.33. The maximum Gasteiger partial charge on any atom is -0.00266 e. The van der Waals surface area contributed by atoms with Gasteiger partial charge < -0.3 is 0 Å². The molecule has 0 aliphatic heterocycles. The van der Waals surface area contributed by atoms with Crippen LogP contribution in [0.4, 0.5) is 0 Å². The smallest absolute Gasteiger partial charge is 0.00266 e. The summed E-state index contributed by atoms with van der Waals surface area (Å²) in [6.07, 6.45) is 2.50. The second kappa shape index (κ2) is 10.7.